The molecule has 0 atom stereocenters. The number of carbonyl (C=O) groups excluding carboxylic acids is 2. The number of ether oxygens (including phenoxy) is 2. The van der Waals surface area contributed by atoms with Crippen LogP contribution in [-0.2, 0) is 4.74 Å². The predicted octanol–water partition coefficient (Wildman–Crippen LogP) is 2.23. The maximum Gasteiger partial charge on any atom is 0.338 e. The number of nitrogens with zero attached hydrogens (tertiary/aromatic N) is 1. The van der Waals surface area contributed by atoms with Crippen molar-refractivity contribution in [3.8, 4) is 5.75 Å². The monoisotopic (exact) mass is 330 g/mol. The van der Waals surface area contributed by atoms with Gasteiger partial charge in [-0.15, -0.1) is 0 Å². The highest BCUT2D eigenvalue weighted by molar-refractivity contribution is 6.01. The maximum atomic E-state index is 12.1. The Kier molecular flexibility index (Phi) is 5.10. The van der Waals surface area contributed by atoms with E-state index in [1.807, 2.05) is 0 Å². The van der Waals surface area contributed by atoms with E-state index in [0.717, 1.165) is 6.07 Å². The molecule has 124 valence electrons. The Balaban J connectivity index is 2.09. The number of anilines is 1. The van der Waals surface area contributed by atoms with Crippen LogP contribution >= 0.6 is 0 Å². The zero-order chi connectivity index (χ0) is 17.7. The van der Waals surface area contributed by atoms with Crippen LogP contribution in [0.15, 0.2) is 42.5 Å². The van der Waals surface area contributed by atoms with Crippen molar-refractivity contribution in [2.24, 2.45) is 0 Å². The molecule has 0 aromatic heterocycles. The Morgan fingerprint density at radius 2 is 1.92 bits per heavy atom. The minimum atomic E-state index is -0.860. The third kappa shape index (κ3) is 3.67. The first kappa shape index (κ1) is 16.9. The van der Waals surface area contributed by atoms with Crippen LogP contribution in [0.3, 0.4) is 0 Å². The third-order valence-corrected chi connectivity index (χ3v) is 3.20. The molecule has 0 aliphatic rings. The standard InChI is InChI=1S/C16H14N2O6/c1-23-15-5-3-2-4-11(15)14(19)9-24-16(20)10-6-7-12(17)13(8-10)18(21)22/h2-8H,9,17H2,1H3. The Morgan fingerprint density at radius 1 is 1.21 bits per heavy atom. The molecule has 2 aromatic carbocycles. The van der Waals surface area contributed by atoms with Crippen LogP contribution in [0.25, 0.3) is 0 Å². The summed E-state index contributed by atoms with van der Waals surface area (Å²) in [6.07, 6.45) is 0. The quantitative estimate of drug-likeness (QED) is 0.283. The lowest BCUT2D eigenvalue weighted by molar-refractivity contribution is -0.383. The van der Waals surface area contributed by atoms with Gasteiger partial charge in [0.1, 0.15) is 11.4 Å². The largest absolute Gasteiger partial charge is 0.496 e. The third-order valence-electron chi connectivity index (χ3n) is 3.20. The van der Waals surface area contributed by atoms with Gasteiger partial charge in [-0.3, -0.25) is 14.9 Å². The van der Waals surface area contributed by atoms with Crippen LogP contribution in [0, 0.1) is 10.1 Å². The Labute approximate surface area is 136 Å². The molecule has 0 saturated heterocycles. The number of ketones is 1. The molecular weight excluding hydrogens is 316 g/mol. The molecule has 0 fully saturated rings. The summed E-state index contributed by atoms with van der Waals surface area (Å²) in [6, 6.07) is 10.0. The average molecular weight is 330 g/mol. The predicted molar refractivity (Wildman–Crippen MR) is 85.1 cm³/mol. The van der Waals surface area contributed by atoms with Crippen LogP contribution in [-0.4, -0.2) is 30.4 Å². The van der Waals surface area contributed by atoms with Crippen molar-refractivity contribution in [1.82, 2.24) is 0 Å². The van der Waals surface area contributed by atoms with E-state index < -0.39 is 29.0 Å². The molecule has 0 spiro atoms. The molecule has 8 nitrogen and oxygen atoms in total. The zero-order valence-electron chi connectivity index (χ0n) is 12.7. The molecule has 2 aromatic rings. The summed E-state index contributed by atoms with van der Waals surface area (Å²) in [5.74, 6) is -0.950. The number of hydrogen-bond donors (Lipinski definition) is 1. The number of nitro benzene ring substituents is 1. The lowest BCUT2D eigenvalue weighted by Gasteiger charge is -2.08. The minimum Gasteiger partial charge on any atom is -0.496 e. The number of nitrogen functional groups attached to an aromatic ring is 1. The van der Waals surface area contributed by atoms with Gasteiger partial charge >= 0.3 is 5.97 Å². The second kappa shape index (κ2) is 7.23. The van der Waals surface area contributed by atoms with Crippen molar-refractivity contribution in [2.75, 3.05) is 19.5 Å². The molecule has 24 heavy (non-hydrogen) atoms. The van der Waals surface area contributed by atoms with Crippen LogP contribution in [0.5, 0.6) is 5.75 Å². The normalized spacial score (nSPS) is 10.0. The first-order valence-corrected chi connectivity index (χ1v) is 6.81. The number of nitro groups is 1. The highest BCUT2D eigenvalue weighted by atomic mass is 16.6. The Hall–Kier alpha value is -3.42. The van der Waals surface area contributed by atoms with Gasteiger partial charge < -0.3 is 15.2 Å². The van der Waals surface area contributed by atoms with E-state index in [4.69, 9.17) is 15.2 Å². The number of Topliss-reactive ketones (excluding diaryl/α,β-unsaturated/α-hetero) is 1. The van der Waals surface area contributed by atoms with E-state index in [1.54, 1.807) is 24.3 Å². The number of hydrogen-bond acceptors (Lipinski definition) is 7. The fraction of sp³-hybridized carbons (Fsp3) is 0.125. The van der Waals surface area contributed by atoms with Crippen molar-refractivity contribution in [1.29, 1.82) is 0 Å². The number of nitrogens with two attached hydrogens (primary N) is 1. The van der Waals surface area contributed by atoms with E-state index in [1.165, 1.54) is 19.2 Å². The fourth-order valence-electron chi connectivity index (χ4n) is 2.00. The molecule has 2 N–H and O–H groups in total. The highest BCUT2D eigenvalue weighted by Crippen LogP contribution is 2.23. The van der Waals surface area contributed by atoms with Gasteiger partial charge in [0.2, 0.25) is 5.78 Å². The molecular formula is C16H14N2O6. The first-order valence-electron chi connectivity index (χ1n) is 6.81. The Morgan fingerprint density at radius 3 is 2.58 bits per heavy atom. The summed E-state index contributed by atoms with van der Waals surface area (Å²) in [5, 5.41) is 10.8. The van der Waals surface area contributed by atoms with E-state index in [0.29, 0.717) is 5.75 Å². The van der Waals surface area contributed by atoms with Crippen LogP contribution in [0.4, 0.5) is 11.4 Å². The number of benzene rings is 2. The van der Waals surface area contributed by atoms with Crippen molar-refractivity contribution >= 4 is 23.1 Å². The number of esters is 1. The second-order valence-electron chi connectivity index (χ2n) is 4.73. The van der Waals surface area contributed by atoms with Gasteiger partial charge in [-0.2, -0.15) is 0 Å². The van der Waals surface area contributed by atoms with E-state index in [9.17, 15) is 19.7 Å². The van der Waals surface area contributed by atoms with Gasteiger partial charge in [-0.25, -0.2) is 4.79 Å². The Bertz CT molecular complexity index is 803. The van der Waals surface area contributed by atoms with Gasteiger partial charge in [0.25, 0.3) is 5.69 Å². The molecule has 0 bridgehead atoms. The number of para-hydroxylation sites is 1. The SMILES string of the molecule is COc1ccccc1C(=O)COC(=O)c1ccc(N)c([N+](=O)[O-])c1. The number of methoxy groups -OCH3 is 1. The van der Waals surface area contributed by atoms with E-state index >= 15 is 0 Å². The summed E-state index contributed by atoms with van der Waals surface area (Å²) in [6.45, 7) is -0.516. The topological polar surface area (TPSA) is 122 Å². The van der Waals surface area contributed by atoms with Gasteiger partial charge in [-0.05, 0) is 24.3 Å². The number of carbonyl (C=O) groups is 2. The molecule has 0 heterocycles. The van der Waals surface area contributed by atoms with Crippen molar-refractivity contribution in [3.63, 3.8) is 0 Å². The van der Waals surface area contributed by atoms with Gasteiger partial charge in [0.05, 0.1) is 23.2 Å². The maximum absolute atomic E-state index is 12.1. The molecule has 8 heteroatoms. The van der Waals surface area contributed by atoms with Crippen LogP contribution in [0.1, 0.15) is 20.7 Å². The van der Waals surface area contributed by atoms with Gasteiger partial charge in [-0.1, -0.05) is 12.1 Å². The van der Waals surface area contributed by atoms with E-state index in [-0.39, 0.29) is 16.8 Å². The lowest BCUT2D eigenvalue weighted by atomic mass is 10.1. The van der Waals surface area contributed by atoms with E-state index in [2.05, 4.69) is 0 Å². The summed E-state index contributed by atoms with van der Waals surface area (Å²) < 4.78 is 9.97. The van der Waals surface area contributed by atoms with Crippen molar-refractivity contribution in [2.45, 2.75) is 0 Å². The van der Waals surface area contributed by atoms with Gasteiger partial charge in [0, 0.05) is 6.07 Å². The zero-order valence-corrected chi connectivity index (χ0v) is 12.7. The summed E-state index contributed by atoms with van der Waals surface area (Å²) >= 11 is 0. The lowest BCUT2D eigenvalue weighted by Crippen LogP contribution is -2.15. The van der Waals surface area contributed by atoms with Crippen LogP contribution in [0.2, 0.25) is 0 Å². The van der Waals surface area contributed by atoms with Crippen molar-refractivity contribution < 1.29 is 24.0 Å². The summed E-state index contributed by atoms with van der Waals surface area (Å²) in [4.78, 5) is 34.2. The summed E-state index contributed by atoms with van der Waals surface area (Å²) in [5.41, 5.74) is 5.20. The number of rotatable bonds is 6. The molecule has 0 radical (unpaired) electrons. The van der Waals surface area contributed by atoms with Crippen molar-refractivity contribution in [3.05, 3.63) is 63.7 Å². The minimum absolute atomic E-state index is 0.0660. The summed E-state index contributed by atoms with van der Waals surface area (Å²) in [7, 11) is 1.42. The molecule has 0 amide bonds. The molecule has 0 aliphatic heterocycles. The molecule has 0 saturated carbocycles. The second-order valence-corrected chi connectivity index (χ2v) is 4.73. The molecule has 0 aliphatic carbocycles. The first-order chi connectivity index (χ1) is 11.4. The van der Waals surface area contributed by atoms with Crippen LogP contribution < -0.4 is 10.5 Å². The highest BCUT2D eigenvalue weighted by Gasteiger charge is 2.18. The average Bonchev–Trinajstić information content (AvgIpc) is 2.59. The fourth-order valence-corrected chi connectivity index (χ4v) is 2.00. The molecule has 0 unspecified atom stereocenters. The molecule has 2 rings (SSSR count). The smallest absolute Gasteiger partial charge is 0.338 e. The van der Waals surface area contributed by atoms with Gasteiger partial charge in [0.15, 0.2) is 6.61 Å².